The minimum atomic E-state index is -0.348. The fourth-order valence-corrected chi connectivity index (χ4v) is 1.08. The van der Waals surface area contributed by atoms with E-state index in [1.54, 1.807) is 25.2 Å². The first kappa shape index (κ1) is 12.0. The molecule has 0 aromatic heterocycles. The van der Waals surface area contributed by atoms with E-state index in [1.165, 1.54) is 0 Å². The maximum atomic E-state index is 10.1. The molecule has 0 aromatic rings. The number of carbonyl (C=O) groups excluding carboxylic acids is 1. The fraction of sp³-hybridized carbons (Fsp3) is 0.300. The van der Waals surface area contributed by atoms with Gasteiger partial charge >= 0.3 is 0 Å². The van der Waals surface area contributed by atoms with Crippen molar-refractivity contribution in [3.05, 3.63) is 35.4 Å². The van der Waals surface area contributed by atoms with Crippen molar-refractivity contribution in [2.45, 2.75) is 20.0 Å². The summed E-state index contributed by atoms with van der Waals surface area (Å²) in [5.74, 6) is 0. The third kappa shape index (κ3) is 3.95. The smallest absolute Gasteiger partial charge is 0.293 e. The molecular formula is C10H13ClO2. The molecule has 0 amide bonds. The van der Waals surface area contributed by atoms with Gasteiger partial charge in [-0.1, -0.05) is 36.4 Å². The third-order valence-corrected chi connectivity index (χ3v) is 1.96. The highest BCUT2D eigenvalue weighted by atomic mass is 35.5. The molecule has 0 saturated heterocycles. The van der Waals surface area contributed by atoms with E-state index >= 15 is 0 Å². The second-order valence-electron chi connectivity index (χ2n) is 2.37. The molecule has 0 aliphatic rings. The van der Waals surface area contributed by atoms with E-state index in [2.05, 4.69) is 6.58 Å². The summed E-state index contributed by atoms with van der Waals surface area (Å²) in [7, 11) is 0. The zero-order valence-electron chi connectivity index (χ0n) is 7.79. The predicted molar refractivity (Wildman–Crippen MR) is 54.5 cm³/mol. The van der Waals surface area contributed by atoms with Crippen molar-refractivity contribution in [3.63, 3.8) is 0 Å². The van der Waals surface area contributed by atoms with Crippen LogP contribution in [0.4, 0.5) is 0 Å². The summed E-state index contributed by atoms with van der Waals surface area (Å²) < 4.78 is 4.76. The van der Waals surface area contributed by atoms with Gasteiger partial charge in [0.1, 0.15) is 6.10 Å². The lowest BCUT2D eigenvalue weighted by atomic mass is 10.1. The van der Waals surface area contributed by atoms with E-state index in [0.29, 0.717) is 11.5 Å². The van der Waals surface area contributed by atoms with Crippen molar-refractivity contribution in [3.8, 4) is 0 Å². The molecule has 13 heavy (non-hydrogen) atoms. The van der Waals surface area contributed by atoms with E-state index in [4.69, 9.17) is 16.3 Å². The first-order chi connectivity index (χ1) is 6.17. The number of allylic oxidation sites excluding steroid dienone is 3. The first-order valence-electron chi connectivity index (χ1n) is 3.91. The lowest BCUT2D eigenvalue weighted by Crippen LogP contribution is -2.10. The molecule has 0 bridgehead atoms. The second kappa shape index (κ2) is 6.49. The Kier molecular flexibility index (Phi) is 5.98. The van der Waals surface area contributed by atoms with Crippen LogP contribution in [0.25, 0.3) is 0 Å². The van der Waals surface area contributed by atoms with Crippen molar-refractivity contribution in [2.75, 3.05) is 0 Å². The Morgan fingerprint density at radius 3 is 2.62 bits per heavy atom. The zero-order valence-corrected chi connectivity index (χ0v) is 8.54. The van der Waals surface area contributed by atoms with Crippen LogP contribution in [-0.4, -0.2) is 12.6 Å². The zero-order chi connectivity index (χ0) is 10.3. The number of halogens is 1. The van der Waals surface area contributed by atoms with Crippen LogP contribution < -0.4 is 0 Å². The largest absolute Gasteiger partial charge is 0.460 e. The van der Waals surface area contributed by atoms with Crippen molar-refractivity contribution >= 4 is 18.1 Å². The van der Waals surface area contributed by atoms with Gasteiger partial charge in [-0.05, 0) is 13.8 Å². The van der Waals surface area contributed by atoms with E-state index in [1.807, 2.05) is 6.92 Å². The maximum absolute atomic E-state index is 10.1. The second-order valence-corrected chi connectivity index (χ2v) is 2.78. The van der Waals surface area contributed by atoms with Gasteiger partial charge in [0, 0.05) is 10.6 Å². The van der Waals surface area contributed by atoms with Crippen LogP contribution in [0, 0.1) is 0 Å². The summed E-state index contributed by atoms with van der Waals surface area (Å²) in [6, 6.07) is 0. The summed E-state index contributed by atoms with van der Waals surface area (Å²) >= 11 is 5.89. The Hall–Kier alpha value is -1.02. The molecule has 0 radical (unpaired) electrons. The van der Waals surface area contributed by atoms with Crippen molar-refractivity contribution in [2.24, 2.45) is 0 Å². The molecule has 0 aliphatic heterocycles. The van der Waals surface area contributed by atoms with Crippen LogP contribution >= 0.6 is 11.6 Å². The highest BCUT2D eigenvalue weighted by Crippen LogP contribution is 2.20. The summed E-state index contributed by atoms with van der Waals surface area (Å²) in [5, 5.41) is 0.564. The molecule has 3 heteroatoms. The minimum absolute atomic E-state index is 0.348. The standard InChI is InChI=1S/C10H13ClO2/c1-4-6-9(10(11)5-2)8(3)13-7-12/h4-8H,1H2,2-3H3/b9-6-,10-5+. The molecular weight excluding hydrogens is 188 g/mol. The lowest BCUT2D eigenvalue weighted by molar-refractivity contribution is -0.131. The molecule has 1 atom stereocenters. The van der Waals surface area contributed by atoms with Crippen LogP contribution in [0.15, 0.2) is 35.4 Å². The quantitative estimate of drug-likeness (QED) is 0.504. The summed E-state index contributed by atoms with van der Waals surface area (Å²) in [5.41, 5.74) is 0.742. The average Bonchev–Trinajstić information content (AvgIpc) is 2.13. The molecule has 0 saturated carbocycles. The van der Waals surface area contributed by atoms with Gasteiger partial charge in [-0.3, -0.25) is 4.79 Å². The molecule has 72 valence electrons. The maximum Gasteiger partial charge on any atom is 0.293 e. The highest BCUT2D eigenvalue weighted by molar-refractivity contribution is 6.32. The number of hydrogen-bond donors (Lipinski definition) is 0. The van der Waals surface area contributed by atoms with Crippen LogP contribution in [0.2, 0.25) is 0 Å². The van der Waals surface area contributed by atoms with Crippen LogP contribution in [0.3, 0.4) is 0 Å². The van der Waals surface area contributed by atoms with Gasteiger partial charge in [0.2, 0.25) is 0 Å². The van der Waals surface area contributed by atoms with Gasteiger partial charge in [0.15, 0.2) is 0 Å². The Labute approximate surface area is 83.5 Å². The van der Waals surface area contributed by atoms with Gasteiger partial charge < -0.3 is 4.74 Å². The SMILES string of the molecule is C=C/C=C(\C(Cl)=C/C)C(C)OC=O. The van der Waals surface area contributed by atoms with Crippen molar-refractivity contribution < 1.29 is 9.53 Å². The highest BCUT2D eigenvalue weighted by Gasteiger charge is 2.10. The van der Waals surface area contributed by atoms with Gasteiger partial charge in [0.05, 0.1) is 0 Å². The third-order valence-electron chi connectivity index (χ3n) is 1.52. The number of rotatable bonds is 5. The number of ether oxygens (including phenoxy) is 1. The molecule has 2 nitrogen and oxygen atoms in total. The number of hydrogen-bond acceptors (Lipinski definition) is 2. The first-order valence-corrected chi connectivity index (χ1v) is 4.29. The molecule has 0 spiro atoms. The molecule has 0 heterocycles. The van der Waals surface area contributed by atoms with Crippen LogP contribution in [0.5, 0.6) is 0 Å². The predicted octanol–water partition coefficient (Wildman–Crippen LogP) is 2.80. The fourth-order valence-electron chi connectivity index (χ4n) is 0.860. The Morgan fingerprint density at radius 1 is 1.62 bits per heavy atom. The summed E-state index contributed by atoms with van der Waals surface area (Å²) in [6.45, 7) is 7.52. The van der Waals surface area contributed by atoms with Crippen LogP contribution in [-0.2, 0) is 9.53 Å². The molecule has 0 rings (SSSR count). The van der Waals surface area contributed by atoms with E-state index in [0.717, 1.165) is 5.57 Å². The monoisotopic (exact) mass is 200 g/mol. The summed E-state index contributed by atoms with van der Waals surface area (Å²) in [6.07, 6.45) is 4.71. The average molecular weight is 201 g/mol. The summed E-state index contributed by atoms with van der Waals surface area (Å²) in [4.78, 5) is 10.1. The van der Waals surface area contributed by atoms with Gasteiger partial charge in [0.25, 0.3) is 6.47 Å². The van der Waals surface area contributed by atoms with Crippen LogP contribution in [0.1, 0.15) is 13.8 Å². The van der Waals surface area contributed by atoms with Crippen molar-refractivity contribution in [1.29, 1.82) is 0 Å². The van der Waals surface area contributed by atoms with E-state index < -0.39 is 0 Å². The van der Waals surface area contributed by atoms with Gasteiger partial charge in [-0.25, -0.2) is 0 Å². The van der Waals surface area contributed by atoms with Gasteiger partial charge in [-0.2, -0.15) is 0 Å². The molecule has 1 unspecified atom stereocenters. The Morgan fingerprint density at radius 2 is 2.23 bits per heavy atom. The van der Waals surface area contributed by atoms with Crippen molar-refractivity contribution in [1.82, 2.24) is 0 Å². The van der Waals surface area contributed by atoms with E-state index in [-0.39, 0.29) is 6.10 Å². The normalized spacial score (nSPS) is 15.0. The topological polar surface area (TPSA) is 26.3 Å². The Bertz CT molecular complexity index is 241. The molecule has 0 fully saturated rings. The Balaban J connectivity index is 4.70. The molecule has 0 N–H and O–H groups in total. The van der Waals surface area contributed by atoms with E-state index in [9.17, 15) is 4.79 Å². The number of carbonyl (C=O) groups is 1. The molecule has 0 aromatic carbocycles. The molecule has 0 aliphatic carbocycles. The lowest BCUT2D eigenvalue weighted by Gasteiger charge is -2.12. The minimum Gasteiger partial charge on any atom is -0.460 e. The van der Waals surface area contributed by atoms with Gasteiger partial charge in [-0.15, -0.1) is 0 Å².